The fraction of sp³-hybridized carbons (Fsp3) is 0.148. The Hall–Kier alpha value is -3.01. The Balaban J connectivity index is 1.53. The standard InChI is InChI=1S/C27H22Cl2N2O/c28-21-13-9-19(10-14-21)18-32-30-25-7-4-8-26-24(25)17-27(20-11-15-22(29)16-12-20)31(26)23-5-2-1-3-6-23/h1-3,5-6,9-17H,4,7-8,18H2/b30-25+. The number of hydrogen-bond acceptors (Lipinski definition) is 2. The van der Waals surface area contributed by atoms with Gasteiger partial charge >= 0.3 is 0 Å². The minimum atomic E-state index is 0.416. The first-order valence-electron chi connectivity index (χ1n) is 10.7. The highest BCUT2D eigenvalue weighted by Gasteiger charge is 2.24. The van der Waals surface area contributed by atoms with Crippen LogP contribution in [0.3, 0.4) is 0 Å². The molecule has 0 atom stereocenters. The summed E-state index contributed by atoms with van der Waals surface area (Å²) >= 11 is 12.1. The molecule has 0 saturated carbocycles. The average Bonchev–Trinajstić information content (AvgIpc) is 3.22. The van der Waals surface area contributed by atoms with Crippen molar-refractivity contribution in [1.82, 2.24) is 4.57 Å². The van der Waals surface area contributed by atoms with Crippen molar-refractivity contribution in [3.63, 3.8) is 0 Å². The molecule has 4 aromatic rings. The van der Waals surface area contributed by atoms with Gasteiger partial charge in [-0.1, -0.05) is 70.8 Å². The van der Waals surface area contributed by atoms with Crippen LogP contribution < -0.4 is 0 Å². The molecule has 3 aromatic carbocycles. The lowest BCUT2D eigenvalue weighted by Crippen LogP contribution is -2.14. The Bertz CT molecular complexity index is 1240. The van der Waals surface area contributed by atoms with Gasteiger partial charge in [0.1, 0.15) is 6.61 Å². The number of para-hydroxylation sites is 1. The Labute approximate surface area is 197 Å². The van der Waals surface area contributed by atoms with Gasteiger partial charge in [-0.2, -0.15) is 0 Å². The maximum atomic E-state index is 6.15. The molecule has 0 unspecified atom stereocenters. The van der Waals surface area contributed by atoms with E-state index in [1.807, 2.05) is 42.5 Å². The second-order valence-corrected chi connectivity index (χ2v) is 8.73. The van der Waals surface area contributed by atoms with Crippen LogP contribution in [0.15, 0.2) is 90.1 Å². The Morgan fingerprint density at radius 2 is 1.50 bits per heavy atom. The quantitative estimate of drug-likeness (QED) is 0.280. The monoisotopic (exact) mass is 460 g/mol. The van der Waals surface area contributed by atoms with Crippen LogP contribution in [0.1, 0.15) is 29.7 Å². The predicted octanol–water partition coefficient (Wildman–Crippen LogP) is 7.71. The van der Waals surface area contributed by atoms with Crippen molar-refractivity contribution in [2.45, 2.75) is 25.9 Å². The fourth-order valence-corrected chi connectivity index (χ4v) is 4.42. The first-order valence-corrected chi connectivity index (χ1v) is 11.4. The van der Waals surface area contributed by atoms with E-state index in [0.717, 1.165) is 58.1 Å². The van der Waals surface area contributed by atoms with Gasteiger partial charge in [0.2, 0.25) is 0 Å². The summed E-state index contributed by atoms with van der Waals surface area (Å²) < 4.78 is 2.34. The molecule has 1 aliphatic rings. The van der Waals surface area contributed by atoms with E-state index in [-0.39, 0.29) is 0 Å². The molecule has 0 saturated heterocycles. The summed E-state index contributed by atoms with van der Waals surface area (Å²) in [5.41, 5.74) is 7.84. The van der Waals surface area contributed by atoms with Crippen LogP contribution in [0.2, 0.25) is 10.0 Å². The number of fused-ring (bicyclic) bond motifs is 1. The van der Waals surface area contributed by atoms with E-state index in [1.54, 1.807) is 0 Å². The van der Waals surface area contributed by atoms with E-state index in [9.17, 15) is 0 Å². The Morgan fingerprint density at radius 1 is 0.812 bits per heavy atom. The van der Waals surface area contributed by atoms with Crippen molar-refractivity contribution in [1.29, 1.82) is 0 Å². The Morgan fingerprint density at radius 3 is 2.22 bits per heavy atom. The largest absolute Gasteiger partial charge is 0.391 e. The van der Waals surface area contributed by atoms with Crippen LogP contribution in [0.5, 0.6) is 0 Å². The van der Waals surface area contributed by atoms with Crippen molar-refractivity contribution in [2.75, 3.05) is 0 Å². The second-order valence-electron chi connectivity index (χ2n) is 7.86. The number of oxime groups is 1. The summed E-state index contributed by atoms with van der Waals surface area (Å²) in [5.74, 6) is 0. The van der Waals surface area contributed by atoms with E-state index in [4.69, 9.17) is 28.0 Å². The topological polar surface area (TPSA) is 26.5 Å². The first kappa shape index (κ1) is 20.9. The van der Waals surface area contributed by atoms with E-state index < -0.39 is 0 Å². The molecule has 0 spiro atoms. The lowest BCUT2D eigenvalue weighted by Gasteiger charge is -2.18. The predicted molar refractivity (Wildman–Crippen MR) is 132 cm³/mol. The third-order valence-corrected chi connectivity index (χ3v) is 6.22. The normalized spacial score (nSPS) is 14.4. The molecule has 0 amide bonds. The molecule has 0 aliphatic heterocycles. The van der Waals surface area contributed by atoms with E-state index in [0.29, 0.717) is 11.6 Å². The second kappa shape index (κ2) is 9.23. The van der Waals surface area contributed by atoms with Gasteiger partial charge in [-0.15, -0.1) is 0 Å². The molecule has 0 bridgehead atoms. The van der Waals surface area contributed by atoms with Crippen LogP contribution in [0.25, 0.3) is 16.9 Å². The summed E-state index contributed by atoms with van der Waals surface area (Å²) in [4.78, 5) is 5.75. The van der Waals surface area contributed by atoms with Crippen molar-refractivity contribution in [3.8, 4) is 16.9 Å². The summed E-state index contributed by atoms with van der Waals surface area (Å²) in [7, 11) is 0. The van der Waals surface area contributed by atoms with Gasteiger partial charge in [0.05, 0.1) is 11.4 Å². The maximum absolute atomic E-state index is 6.15. The third kappa shape index (κ3) is 4.32. The molecule has 0 N–H and O–H groups in total. The molecule has 160 valence electrons. The first-order chi connectivity index (χ1) is 15.7. The van der Waals surface area contributed by atoms with Crippen molar-refractivity contribution in [2.24, 2.45) is 5.16 Å². The van der Waals surface area contributed by atoms with Crippen LogP contribution >= 0.6 is 23.2 Å². The van der Waals surface area contributed by atoms with Gasteiger partial charge in [0.15, 0.2) is 0 Å². The van der Waals surface area contributed by atoms with E-state index in [2.05, 4.69) is 52.2 Å². The molecular formula is C27H22Cl2N2O. The SMILES string of the molecule is Clc1ccc(CO/N=C2\CCCc3c2cc(-c2ccc(Cl)cc2)n3-c2ccccc2)cc1. The maximum Gasteiger partial charge on any atom is 0.142 e. The highest BCUT2D eigenvalue weighted by Crippen LogP contribution is 2.34. The number of benzene rings is 3. The zero-order chi connectivity index (χ0) is 21.9. The molecule has 0 radical (unpaired) electrons. The van der Waals surface area contributed by atoms with Gasteiger partial charge in [-0.05, 0) is 72.9 Å². The van der Waals surface area contributed by atoms with Gasteiger partial charge in [0.25, 0.3) is 0 Å². The zero-order valence-electron chi connectivity index (χ0n) is 17.5. The minimum Gasteiger partial charge on any atom is -0.391 e. The minimum absolute atomic E-state index is 0.416. The van der Waals surface area contributed by atoms with Crippen LogP contribution in [-0.4, -0.2) is 10.3 Å². The summed E-state index contributed by atoms with van der Waals surface area (Å²) in [6, 6.07) is 28.3. The molecule has 5 heteroatoms. The number of hydrogen-bond donors (Lipinski definition) is 0. The molecule has 1 heterocycles. The fourth-order valence-electron chi connectivity index (χ4n) is 4.17. The van der Waals surface area contributed by atoms with Gasteiger partial charge in [-0.3, -0.25) is 0 Å². The molecular weight excluding hydrogens is 439 g/mol. The smallest absolute Gasteiger partial charge is 0.142 e. The van der Waals surface area contributed by atoms with Crippen LogP contribution in [-0.2, 0) is 17.9 Å². The van der Waals surface area contributed by atoms with Crippen molar-refractivity contribution >= 4 is 28.9 Å². The van der Waals surface area contributed by atoms with Gasteiger partial charge < -0.3 is 9.40 Å². The van der Waals surface area contributed by atoms with Crippen molar-refractivity contribution in [3.05, 3.63) is 112 Å². The number of rotatable bonds is 5. The number of nitrogens with zero attached hydrogens (tertiary/aromatic N) is 2. The van der Waals surface area contributed by atoms with Crippen LogP contribution in [0.4, 0.5) is 0 Å². The van der Waals surface area contributed by atoms with E-state index in [1.165, 1.54) is 5.69 Å². The molecule has 32 heavy (non-hydrogen) atoms. The summed E-state index contributed by atoms with van der Waals surface area (Å²) in [6.07, 6.45) is 2.92. The number of halogens is 2. The van der Waals surface area contributed by atoms with Crippen LogP contribution in [0, 0.1) is 0 Å². The molecule has 5 rings (SSSR count). The highest BCUT2D eigenvalue weighted by molar-refractivity contribution is 6.30. The lowest BCUT2D eigenvalue weighted by atomic mass is 9.95. The summed E-state index contributed by atoms with van der Waals surface area (Å²) in [5, 5.41) is 5.99. The van der Waals surface area contributed by atoms with E-state index >= 15 is 0 Å². The average molecular weight is 461 g/mol. The highest BCUT2D eigenvalue weighted by atomic mass is 35.5. The molecule has 3 nitrogen and oxygen atoms in total. The van der Waals surface area contributed by atoms with Crippen molar-refractivity contribution < 1.29 is 4.84 Å². The van der Waals surface area contributed by atoms with Gasteiger partial charge in [-0.25, -0.2) is 0 Å². The lowest BCUT2D eigenvalue weighted by molar-refractivity contribution is 0.130. The Kier molecular flexibility index (Phi) is 6.02. The zero-order valence-corrected chi connectivity index (χ0v) is 19.0. The summed E-state index contributed by atoms with van der Waals surface area (Å²) in [6.45, 7) is 0.416. The molecule has 0 fully saturated rings. The molecule has 1 aliphatic carbocycles. The number of aromatic nitrogens is 1. The third-order valence-electron chi connectivity index (χ3n) is 5.71. The van der Waals surface area contributed by atoms with Gasteiger partial charge in [0, 0.05) is 27.0 Å². The molecule has 1 aromatic heterocycles.